The molecule has 0 heterocycles. The second-order valence-corrected chi connectivity index (χ2v) is 4.49. The lowest BCUT2D eigenvalue weighted by Crippen LogP contribution is -2.23. The molecule has 1 aromatic rings. The maximum absolute atomic E-state index is 11.5. The van der Waals surface area contributed by atoms with Gasteiger partial charge in [-0.15, -0.1) is 0 Å². The number of nitrogens with zero attached hydrogens (tertiary/aromatic N) is 2. The van der Waals surface area contributed by atoms with Gasteiger partial charge in [-0.2, -0.15) is 10.2 Å². The molecule has 106 valence electrons. The van der Waals surface area contributed by atoms with Crippen molar-refractivity contribution in [2.45, 2.75) is 19.9 Å². The standard InChI is InChI=1S/C13H14ClN3O3/c1-7(18)12(8(2)19)17-16-11-6-9(13(20)15-3)4-5-10(11)14/h4-6,12H,1-3H3,(H,15,20). The van der Waals surface area contributed by atoms with Crippen LogP contribution in [0.2, 0.25) is 5.02 Å². The topological polar surface area (TPSA) is 88.0 Å². The number of carbonyl (C=O) groups excluding carboxylic acids is 3. The average molecular weight is 296 g/mol. The third-order valence-electron chi connectivity index (χ3n) is 2.49. The number of hydrogen-bond donors (Lipinski definition) is 1. The molecule has 0 aliphatic rings. The molecule has 0 spiro atoms. The van der Waals surface area contributed by atoms with Crippen molar-refractivity contribution < 1.29 is 14.4 Å². The van der Waals surface area contributed by atoms with Crippen LogP contribution in [0.25, 0.3) is 0 Å². The van der Waals surface area contributed by atoms with Gasteiger partial charge >= 0.3 is 0 Å². The minimum Gasteiger partial charge on any atom is -0.355 e. The second-order valence-electron chi connectivity index (χ2n) is 4.08. The van der Waals surface area contributed by atoms with Crippen molar-refractivity contribution in [1.82, 2.24) is 5.32 Å². The van der Waals surface area contributed by atoms with E-state index in [0.29, 0.717) is 5.56 Å². The van der Waals surface area contributed by atoms with Gasteiger partial charge in [0.25, 0.3) is 5.91 Å². The molecule has 6 nitrogen and oxygen atoms in total. The number of amides is 1. The highest BCUT2D eigenvalue weighted by Crippen LogP contribution is 2.26. The molecule has 0 saturated heterocycles. The number of nitrogens with one attached hydrogen (secondary N) is 1. The molecule has 0 aliphatic carbocycles. The van der Waals surface area contributed by atoms with Crippen molar-refractivity contribution >= 4 is 34.8 Å². The monoisotopic (exact) mass is 295 g/mol. The third-order valence-corrected chi connectivity index (χ3v) is 2.81. The molecule has 0 radical (unpaired) electrons. The summed E-state index contributed by atoms with van der Waals surface area (Å²) in [7, 11) is 1.50. The Hall–Kier alpha value is -2.08. The fraction of sp³-hybridized carbons (Fsp3) is 0.308. The lowest BCUT2D eigenvalue weighted by atomic mass is 10.1. The summed E-state index contributed by atoms with van der Waals surface area (Å²) in [6, 6.07) is 3.32. The Kier molecular flexibility index (Phi) is 5.52. The van der Waals surface area contributed by atoms with Crippen LogP contribution in [-0.4, -0.2) is 30.6 Å². The SMILES string of the molecule is CNC(=O)c1ccc(Cl)c(N=NC(C(C)=O)C(C)=O)c1. The second kappa shape index (κ2) is 6.91. The van der Waals surface area contributed by atoms with Gasteiger partial charge in [0.05, 0.1) is 5.02 Å². The van der Waals surface area contributed by atoms with Crippen molar-refractivity contribution in [2.75, 3.05) is 7.05 Å². The van der Waals surface area contributed by atoms with Gasteiger partial charge in [-0.05, 0) is 32.0 Å². The smallest absolute Gasteiger partial charge is 0.251 e. The Morgan fingerprint density at radius 1 is 1.20 bits per heavy atom. The lowest BCUT2D eigenvalue weighted by Gasteiger charge is -2.04. The summed E-state index contributed by atoms with van der Waals surface area (Å²) in [6.45, 7) is 2.52. The highest BCUT2D eigenvalue weighted by Gasteiger charge is 2.18. The molecule has 0 fully saturated rings. The Labute approximate surface area is 121 Å². The number of benzene rings is 1. The number of Topliss-reactive ketones (excluding diaryl/α,β-unsaturated/α-hetero) is 2. The van der Waals surface area contributed by atoms with E-state index in [-0.39, 0.29) is 16.6 Å². The summed E-state index contributed by atoms with van der Waals surface area (Å²) in [5.74, 6) is -1.10. The van der Waals surface area contributed by atoms with Crippen molar-refractivity contribution in [3.05, 3.63) is 28.8 Å². The predicted octanol–water partition coefficient (Wildman–Crippen LogP) is 2.33. The molecule has 7 heteroatoms. The van der Waals surface area contributed by atoms with E-state index in [1.165, 1.54) is 39.1 Å². The summed E-state index contributed by atoms with van der Waals surface area (Å²) in [5.41, 5.74) is 0.577. The first-order valence-corrected chi connectivity index (χ1v) is 6.18. The van der Waals surface area contributed by atoms with Crippen LogP contribution in [0.3, 0.4) is 0 Å². The summed E-state index contributed by atoms with van der Waals surface area (Å²) < 4.78 is 0. The van der Waals surface area contributed by atoms with Crippen LogP contribution in [0.1, 0.15) is 24.2 Å². The molecule has 0 bridgehead atoms. The largest absolute Gasteiger partial charge is 0.355 e. The first kappa shape index (κ1) is 16.0. The Morgan fingerprint density at radius 3 is 2.30 bits per heavy atom. The summed E-state index contributed by atoms with van der Waals surface area (Å²) in [5, 5.41) is 10.2. The Balaban J connectivity index is 3.10. The van der Waals surface area contributed by atoms with Crippen LogP contribution in [0.5, 0.6) is 0 Å². The van der Waals surface area contributed by atoms with Gasteiger partial charge in [0.15, 0.2) is 17.6 Å². The van der Waals surface area contributed by atoms with Crippen LogP contribution in [0.15, 0.2) is 28.4 Å². The minimum atomic E-state index is -1.14. The van der Waals surface area contributed by atoms with Crippen molar-refractivity contribution in [2.24, 2.45) is 10.2 Å². The van der Waals surface area contributed by atoms with Crippen molar-refractivity contribution in [3.63, 3.8) is 0 Å². The number of ketones is 2. The molecule has 1 rings (SSSR count). The maximum Gasteiger partial charge on any atom is 0.251 e. The Bertz CT molecular complexity index is 570. The fourth-order valence-electron chi connectivity index (χ4n) is 1.44. The molecule has 0 aromatic heterocycles. The van der Waals surface area contributed by atoms with Crippen LogP contribution in [0.4, 0.5) is 5.69 Å². The summed E-state index contributed by atoms with van der Waals surface area (Å²) >= 11 is 5.93. The van der Waals surface area contributed by atoms with Gasteiger partial charge in [0.1, 0.15) is 5.69 Å². The normalized spacial score (nSPS) is 10.8. The molecule has 0 saturated carbocycles. The molecular weight excluding hydrogens is 282 g/mol. The molecule has 0 aliphatic heterocycles. The summed E-state index contributed by atoms with van der Waals surface area (Å²) in [4.78, 5) is 34.0. The lowest BCUT2D eigenvalue weighted by molar-refractivity contribution is -0.126. The van der Waals surface area contributed by atoms with E-state index in [0.717, 1.165) is 0 Å². The van der Waals surface area contributed by atoms with E-state index < -0.39 is 17.6 Å². The maximum atomic E-state index is 11.5. The number of halogens is 1. The van der Waals surface area contributed by atoms with Gasteiger partial charge in [-0.3, -0.25) is 14.4 Å². The average Bonchev–Trinajstić information content (AvgIpc) is 2.39. The molecule has 1 aromatic carbocycles. The third kappa shape index (κ3) is 3.96. The van der Waals surface area contributed by atoms with E-state index in [2.05, 4.69) is 15.5 Å². The molecule has 1 amide bonds. The minimum absolute atomic E-state index is 0.222. The van der Waals surface area contributed by atoms with Crippen molar-refractivity contribution in [3.8, 4) is 0 Å². The van der Waals surface area contributed by atoms with Crippen LogP contribution in [0, 0.1) is 0 Å². The van der Waals surface area contributed by atoms with Gasteiger partial charge in [0, 0.05) is 12.6 Å². The molecule has 0 unspecified atom stereocenters. The molecule has 1 N–H and O–H groups in total. The van der Waals surface area contributed by atoms with Gasteiger partial charge < -0.3 is 5.32 Å². The van der Waals surface area contributed by atoms with Crippen LogP contribution >= 0.6 is 11.6 Å². The van der Waals surface area contributed by atoms with E-state index in [4.69, 9.17) is 11.6 Å². The van der Waals surface area contributed by atoms with E-state index in [1.54, 1.807) is 0 Å². The molecule has 0 atom stereocenters. The first-order chi connectivity index (χ1) is 9.36. The fourth-order valence-corrected chi connectivity index (χ4v) is 1.60. The summed E-state index contributed by atoms with van der Waals surface area (Å²) in [6.07, 6.45) is 0. The van der Waals surface area contributed by atoms with Crippen LogP contribution in [-0.2, 0) is 9.59 Å². The number of rotatable bonds is 5. The highest BCUT2D eigenvalue weighted by atomic mass is 35.5. The van der Waals surface area contributed by atoms with Gasteiger partial charge in [-0.1, -0.05) is 11.6 Å². The molecule has 20 heavy (non-hydrogen) atoms. The zero-order valence-corrected chi connectivity index (χ0v) is 12.1. The quantitative estimate of drug-likeness (QED) is 0.668. The van der Waals surface area contributed by atoms with Gasteiger partial charge in [0.2, 0.25) is 0 Å². The number of hydrogen-bond acceptors (Lipinski definition) is 5. The Morgan fingerprint density at radius 2 is 1.80 bits per heavy atom. The molecular formula is C13H14ClN3O3. The van der Waals surface area contributed by atoms with Crippen molar-refractivity contribution in [1.29, 1.82) is 0 Å². The number of azo groups is 1. The predicted molar refractivity (Wildman–Crippen MR) is 74.5 cm³/mol. The van der Waals surface area contributed by atoms with Crippen LogP contribution < -0.4 is 5.32 Å². The highest BCUT2D eigenvalue weighted by molar-refractivity contribution is 6.33. The first-order valence-electron chi connectivity index (χ1n) is 5.80. The van der Waals surface area contributed by atoms with E-state index in [1.807, 2.05) is 0 Å². The zero-order chi connectivity index (χ0) is 15.3. The van der Waals surface area contributed by atoms with E-state index in [9.17, 15) is 14.4 Å². The number of carbonyl (C=O) groups is 3. The van der Waals surface area contributed by atoms with E-state index >= 15 is 0 Å². The van der Waals surface area contributed by atoms with Gasteiger partial charge in [-0.25, -0.2) is 0 Å². The zero-order valence-electron chi connectivity index (χ0n) is 11.3.